The second-order valence-electron chi connectivity index (χ2n) is 5.51. The Morgan fingerprint density at radius 1 is 1.43 bits per heavy atom. The summed E-state index contributed by atoms with van der Waals surface area (Å²) < 4.78 is 1.78. The van der Waals surface area contributed by atoms with Gasteiger partial charge in [0.1, 0.15) is 0 Å². The monoisotopic (exact) mass is 316 g/mol. The molecule has 2 aromatic rings. The van der Waals surface area contributed by atoms with Crippen LogP contribution >= 0.6 is 0 Å². The molecule has 0 radical (unpaired) electrons. The number of hydrogen-bond donors (Lipinski definition) is 3. The number of carbonyl (C=O) groups is 1. The summed E-state index contributed by atoms with van der Waals surface area (Å²) in [6, 6.07) is 5.76. The van der Waals surface area contributed by atoms with Gasteiger partial charge in [-0.25, -0.2) is 0 Å². The first kappa shape index (κ1) is 17.0. The summed E-state index contributed by atoms with van der Waals surface area (Å²) in [5, 5.41) is 19.2. The summed E-state index contributed by atoms with van der Waals surface area (Å²) in [4.78, 5) is 12.1. The number of hydrogen-bond acceptors (Lipinski definition) is 4. The number of amides is 1. The van der Waals surface area contributed by atoms with E-state index in [1.165, 1.54) is 0 Å². The Morgan fingerprint density at radius 3 is 2.83 bits per heavy atom. The van der Waals surface area contributed by atoms with Crippen molar-refractivity contribution in [1.29, 1.82) is 0 Å². The van der Waals surface area contributed by atoms with Crippen LogP contribution in [0.25, 0.3) is 0 Å². The molecular weight excluding hydrogens is 292 g/mol. The van der Waals surface area contributed by atoms with Gasteiger partial charge < -0.3 is 15.7 Å². The van der Waals surface area contributed by atoms with Crippen LogP contribution in [0.3, 0.4) is 0 Å². The third-order valence-electron chi connectivity index (χ3n) is 3.84. The molecular formula is C17H24N4O2. The molecule has 1 amide bonds. The van der Waals surface area contributed by atoms with Crippen molar-refractivity contribution in [3.05, 3.63) is 47.3 Å². The molecule has 0 aliphatic carbocycles. The molecule has 0 fully saturated rings. The summed E-state index contributed by atoms with van der Waals surface area (Å²) in [7, 11) is 1.90. The predicted octanol–water partition coefficient (Wildman–Crippen LogP) is 2.01. The second-order valence-corrected chi connectivity index (χ2v) is 5.51. The molecule has 0 saturated heterocycles. The molecule has 2 rings (SSSR count). The highest BCUT2D eigenvalue weighted by molar-refractivity contribution is 5.97. The van der Waals surface area contributed by atoms with E-state index in [0.717, 1.165) is 23.2 Å². The van der Waals surface area contributed by atoms with E-state index >= 15 is 0 Å². The molecule has 1 aromatic heterocycles. The zero-order valence-electron chi connectivity index (χ0n) is 13.8. The Morgan fingerprint density at radius 2 is 2.22 bits per heavy atom. The molecule has 0 saturated carbocycles. The highest BCUT2D eigenvalue weighted by Gasteiger charge is 2.15. The number of nitrogens with one attached hydrogen (secondary N) is 2. The first-order valence-electron chi connectivity index (χ1n) is 7.80. The number of rotatable bonds is 7. The summed E-state index contributed by atoms with van der Waals surface area (Å²) in [6.07, 6.45) is 4.76. The molecule has 1 atom stereocenters. The number of aliphatic hydroxyl groups is 1. The Kier molecular flexibility index (Phi) is 5.76. The van der Waals surface area contributed by atoms with Crippen molar-refractivity contribution < 1.29 is 9.90 Å². The van der Waals surface area contributed by atoms with Crippen LogP contribution < -0.4 is 10.6 Å². The van der Waals surface area contributed by atoms with E-state index in [1.54, 1.807) is 10.7 Å². The van der Waals surface area contributed by atoms with Gasteiger partial charge in [0.2, 0.25) is 0 Å². The third kappa shape index (κ3) is 4.10. The van der Waals surface area contributed by atoms with Gasteiger partial charge >= 0.3 is 0 Å². The van der Waals surface area contributed by atoms with Crippen molar-refractivity contribution in [2.24, 2.45) is 7.05 Å². The minimum atomic E-state index is -0.172. The lowest BCUT2D eigenvalue weighted by molar-refractivity contribution is 0.0944. The minimum absolute atomic E-state index is 0.0678. The fourth-order valence-corrected chi connectivity index (χ4v) is 2.53. The fourth-order valence-electron chi connectivity index (χ4n) is 2.53. The van der Waals surface area contributed by atoms with Gasteiger partial charge in [0.15, 0.2) is 0 Å². The predicted molar refractivity (Wildman–Crippen MR) is 90.5 cm³/mol. The van der Waals surface area contributed by atoms with Crippen LogP contribution in [0.1, 0.15) is 40.9 Å². The molecule has 0 bridgehead atoms. The van der Waals surface area contributed by atoms with Gasteiger partial charge in [-0.2, -0.15) is 5.10 Å². The molecule has 0 aliphatic rings. The molecule has 23 heavy (non-hydrogen) atoms. The van der Waals surface area contributed by atoms with Crippen molar-refractivity contribution >= 4 is 11.6 Å². The number of nitrogens with zero attached hydrogens (tertiary/aromatic N) is 2. The highest BCUT2D eigenvalue weighted by Crippen LogP contribution is 2.26. The largest absolute Gasteiger partial charge is 0.395 e. The van der Waals surface area contributed by atoms with Gasteiger partial charge in [-0.05, 0) is 31.0 Å². The Bertz CT molecular complexity index is 666. The summed E-state index contributed by atoms with van der Waals surface area (Å²) in [5.74, 6) is -0.172. The molecule has 6 heteroatoms. The van der Waals surface area contributed by atoms with Gasteiger partial charge in [-0.3, -0.25) is 9.48 Å². The van der Waals surface area contributed by atoms with Crippen molar-refractivity contribution in [2.75, 3.05) is 18.5 Å². The van der Waals surface area contributed by atoms with E-state index in [9.17, 15) is 4.79 Å². The maximum atomic E-state index is 12.1. The van der Waals surface area contributed by atoms with Gasteiger partial charge in [0.25, 0.3) is 5.91 Å². The standard InChI is InChI=1S/C17H24N4O2/c1-4-15(13-10-19-21(3)11-13)20-16-7-5-6-14(12(16)2)17(23)18-8-9-22/h5-7,10-11,15,20,22H,4,8-9H2,1-3H3,(H,18,23). The molecule has 6 nitrogen and oxygen atoms in total. The zero-order chi connectivity index (χ0) is 16.8. The summed E-state index contributed by atoms with van der Waals surface area (Å²) >= 11 is 0. The molecule has 124 valence electrons. The molecule has 1 heterocycles. The van der Waals surface area contributed by atoms with Crippen LogP contribution in [0, 0.1) is 6.92 Å². The number of anilines is 1. The van der Waals surface area contributed by atoms with Crippen molar-refractivity contribution in [2.45, 2.75) is 26.3 Å². The molecule has 1 aromatic carbocycles. The minimum Gasteiger partial charge on any atom is -0.395 e. The van der Waals surface area contributed by atoms with Crippen molar-refractivity contribution in [3.8, 4) is 0 Å². The van der Waals surface area contributed by atoms with Crippen LogP contribution in [-0.2, 0) is 7.05 Å². The summed E-state index contributed by atoms with van der Waals surface area (Å²) in [6.45, 7) is 4.22. The van der Waals surface area contributed by atoms with Crippen molar-refractivity contribution in [3.63, 3.8) is 0 Å². The lowest BCUT2D eigenvalue weighted by Crippen LogP contribution is -2.27. The number of aromatic nitrogens is 2. The average Bonchev–Trinajstić information content (AvgIpc) is 2.98. The Hall–Kier alpha value is -2.34. The fraction of sp³-hybridized carbons (Fsp3) is 0.412. The van der Waals surface area contributed by atoms with Crippen LogP contribution in [0.15, 0.2) is 30.6 Å². The molecule has 0 spiro atoms. The summed E-state index contributed by atoms with van der Waals surface area (Å²) in [5.41, 5.74) is 3.55. The van der Waals surface area contributed by atoms with Gasteiger partial charge in [0.05, 0.1) is 18.8 Å². The normalized spacial score (nSPS) is 12.0. The topological polar surface area (TPSA) is 79.2 Å². The van der Waals surface area contributed by atoms with Crippen LogP contribution in [-0.4, -0.2) is 33.9 Å². The smallest absolute Gasteiger partial charge is 0.251 e. The first-order valence-corrected chi connectivity index (χ1v) is 7.80. The zero-order valence-corrected chi connectivity index (χ0v) is 13.8. The average molecular weight is 316 g/mol. The van der Waals surface area contributed by atoms with E-state index < -0.39 is 0 Å². The van der Waals surface area contributed by atoms with Gasteiger partial charge in [-0.1, -0.05) is 13.0 Å². The molecule has 0 aliphatic heterocycles. The van der Waals surface area contributed by atoms with Crippen molar-refractivity contribution in [1.82, 2.24) is 15.1 Å². The quantitative estimate of drug-likeness (QED) is 0.730. The maximum absolute atomic E-state index is 12.1. The first-order chi connectivity index (χ1) is 11.1. The number of benzene rings is 1. The lowest BCUT2D eigenvalue weighted by Gasteiger charge is -2.20. The second kappa shape index (κ2) is 7.78. The van der Waals surface area contributed by atoms with Crippen LogP contribution in [0.2, 0.25) is 0 Å². The van der Waals surface area contributed by atoms with E-state index in [2.05, 4.69) is 22.7 Å². The van der Waals surface area contributed by atoms with Gasteiger partial charge in [0, 0.05) is 36.6 Å². The highest BCUT2D eigenvalue weighted by atomic mass is 16.3. The third-order valence-corrected chi connectivity index (χ3v) is 3.84. The Balaban J connectivity index is 2.21. The SMILES string of the molecule is CCC(Nc1cccc(C(=O)NCCO)c1C)c1cnn(C)c1. The lowest BCUT2D eigenvalue weighted by atomic mass is 10.0. The maximum Gasteiger partial charge on any atom is 0.251 e. The Labute approximate surface area is 136 Å². The van der Waals surface area contributed by atoms with Crippen LogP contribution in [0.5, 0.6) is 0 Å². The van der Waals surface area contributed by atoms with E-state index in [-0.39, 0.29) is 25.1 Å². The molecule has 3 N–H and O–H groups in total. The van der Waals surface area contributed by atoms with Gasteiger partial charge in [-0.15, -0.1) is 0 Å². The van der Waals surface area contributed by atoms with Crippen LogP contribution in [0.4, 0.5) is 5.69 Å². The molecule has 1 unspecified atom stereocenters. The van der Waals surface area contributed by atoms with E-state index in [0.29, 0.717) is 5.56 Å². The number of carbonyl (C=O) groups excluding carboxylic acids is 1. The van der Waals surface area contributed by atoms with E-state index in [1.807, 2.05) is 38.5 Å². The number of aliphatic hydroxyl groups excluding tert-OH is 1. The van der Waals surface area contributed by atoms with E-state index in [4.69, 9.17) is 5.11 Å². The number of aryl methyl sites for hydroxylation is 1.